The highest BCUT2D eigenvalue weighted by Crippen LogP contribution is 2.10. The molecule has 0 unspecified atom stereocenters. The lowest BCUT2D eigenvalue weighted by atomic mass is 10.1. The number of benzene rings is 1. The van der Waals surface area contributed by atoms with E-state index in [9.17, 15) is 14.4 Å². The summed E-state index contributed by atoms with van der Waals surface area (Å²) in [6, 6.07) is 8.44. The smallest absolute Gasteiger partial charge is 0.407 e. The van der Waals surface area contributed by atoms with Crippen LogP contribution in [0.25, 0.3) is 0 Å². The van der Waals surface area contributed by atoms with Gasteiger partial charge in [-0.1, -0.05) is 30.3 Å². The van der Waals surface area contributed by atoms with Crippen LogP contribution in [-0.2, 0) is 30.4 Å². The summed E-state index contributed by atoms with van der Waals surface area (Å²) in [7, 11) is 1.24. The molecule has 0 aromatic heterocycles. The fourth-order valence-electron chi connectivity index (χ4n) is 1.93. The van der Waals surface area contributed by atoms with Crippen LogP contribution in [0.3, 0.4) is 0 Å². The lowest BCUT2D eigenvalue weighted by molar-refractivity contribution is -0.146. The number of rotatable bonds is 7. The molecule has 25 heavy (non-hydrogen) atoms. The SMILES string of the molecule is COC(=O)C[C@H](CC(=O)OCc1ccccc1)NC(=O)OC(C)(C)C. The van der Waals surface area contributed by atoms with Gasteiger partial charge in [-0.05, 0) is 26.3 Å². The van der Waals surface area contributed by atoms with Crippen LogP contribution in [0.4, 0.5) is 4.79 Å². The number of hydrogen-bond donors (Lipinski definition) is 1. The molecule has 0 fully saturated rings. The summed E-state index contributed by atoms with van der Waals surface area (Å²) < 4.78 is 14.9. The maximum absolute atomic E-state index is 12.0. The van der Waals surface area contributed by atoms with E-state index in [1.54, 1.807) is 20.8 Å². The van der Waals surface area contributed by atoms with E-state index in [4.69, 9.17) is 9.47 Å². The molecule has 0 saturated heterocycles. The molecule has 0 bridgehead atoms. The van der Waals surface area contributed by atoms with E-state index >= 15 is 0 Å². The van der Waals surface area contributed by atoms with Gasteiger partial charge in [-0.15, -0.1) is 0 Å². The fraction of sp³-hybridized carbons (Fsp3) is 0.500. The number of carbonyl (C=O) groups excluding carboxylic acids is 3. The van der Waals surface area contributed by atoms with E-state index in [1.165, 1.54) is 7.11 Å². The first-order chi connectivity index (χ1) is 11.7. The van der Waals surface area contributed by atoms with Gasteiger partial charge in [0.15, 0.2) is 0 Å². The van der Waals surface area contributed by atoms with E-state index in [-0.39, 0.29) is 19.4 Å². The zero-order valence-corrected chi connectivity index (χ0v) is 15.0. The number of alkyl carbamates (subject to hydrolysis) is 1. The van der Waals surface area contributed by atoms with Crippen LogP contribution in [0, 0.1) is 0 Å². The topological polar surface area (TPSA) is 90.9 Å². The Kier molecular flexibility index (Phi) is 7.91. The second kappa shape index (κ2) is 9.66. The summed E-state index contributed by atoms with van der Waals surface area (Å²) in [4.78, 5) is 35.3. The zero-order chi connectivity index (χ0) is 18.9. The Morgan fingerprint density at radius 3 is 2.20 bits per heavy atom. The summed E-state index contributed by atoms with van der Waals surface area (Å²) in [6.07, 6.45) is -1.03. The summed E-state index contributed by atoms with van der Waals surface area (Å²) in [5.74, 6) is -1.08. The predicted octanol–water partition coefficient (Wildman–Crippen LogP) is 2.58. The molecule has 0 heterocycles. The van der Waals surface area contributed by atoms with Gasteiger partial charge in [0, 0.05) is 0 Å². The number of amides is 1. The van der Waals surface area contributed by atoms with Crippen molar-refractivity contribution in [3.63, 3.8) is 0 Å². The first-order valence-electron chi connectivity index (χ1n) is 7.95. The highest BCUT2D eigenvalue weighted by molar-refractivity contribution is 5.76. The monoisotopic (exact) mass is 351 g/mol. The molecule has 0 aliphatic heterocycles. The van der Waals surface area contributed by atoms with Crippen LogP contribution in [0.15, 0.2) is 30.3 Å². The van der Waals surface area contributed by atoms with E-state index in [0.29, 0.717) is 0 Å². The Hall–Kier alpha value is -2.57. The first-order valence-corrected chi connectivity index (χ1v) is 7.95. The Morgan fingerprint density at radius 1 is 1.04 bits per heavy atom. The van der Waals surface area contributed by atoms with E-state index < -0.39 is 29.7 Å². The van der Waals surface area contributed by atoms with Crippen LogP contribution in [0.5, 0.6) is 0 Å². The van der Waals surface area contributed by atoms with E-state index in [0.717, 1.165) is 5.56 Å². The number of ether oxygens (including phenoxy) is 3. The second-order valence-electron chi connectivity index (χ2n) is 6.47. The van der Waals surface area contributed by atoms with Crippen molar-refractivity contribution in [2.24, 2.45) is 0 Å². The summed E-state index contributed by atoms with van der Waals surface area (Å²) >= 11 is 0. The molecule has 0 radical (unpaired) electrons. The van der Waals surface area contributed by atoms with Gasteiger partial charge in [0.25, 0.3) is 0 Å². The number of hydrogen-bond acceptors (Lipinski definition) is 6. The van der Waals surface area contributed by atoms with Gasteiger partial charge in [-0.3, -0.25) is 9.59 Å². The van der Waals surface area contributed by atoms with Crippen LogP contribution in [-0.4, -0.2) is 36.8 Å². The van der Waals surface area contributed by atoms with Crippen molar-refractivity contribution in [3.05, 3.63) is 35.9 Å². The van der Waals surface area contributed by atoms with Gasteiger partial charge >= 0.3 is 18.0 Å². The van der Waals surface area contributed by atoms with Crippen molar-refractivity contribution in [1.82, 2.24) is 5.32 Å². The minimum atomic E-state index is -0.773. The van der Waals surface area contributed by atoms with Crippen LogP contribution in [0.2, 0.25) is 0 Å². The molecule has 0 aliphatic carbocycles. The van der Waals surface area contributed by atoms with Crippen molar-refractivity contribution in [2.75, 3.05) is 7.11 Å². The maximum Gasteiger partial charge on any atom is 0.407 e. The Balaban J connectivity index is 2.58. The molecule has 7 nitrogen and oxygen atoms in total. The third-order valence-corrected chi connectivity index (χ3v) is 3.02. The van der Waals surface area contributed by atoms with Crippen LogP contribution in [0.1, 0.15) is 39.2 Å². The van der Waals surface area contributed by atoms with Gasteiger partial charge in [0.2, 0.25) is 0 Å². The quantitative estimate of drug-likeness (QED) is 0.600. The number of nitrogens with one attached hydrogen (secondary N) is 1. The standard InChI is InChI=1S/C18H25NO6/c1-18(2,3)25-17(22)19-14(10-15(20)23-4)11-16(21)24-12-13-8-6-5-7-9-13/h5-9,14H,10-12H2,1-4H3,(H,19,22)/t14-/m1/s1. The lowest BCUT2D eigenvalue weighted by Crippen LogP contribution is -2.41. The second-order valence-corrected chi connectivity index (χ2v) is 6.47. The Morgan fingerprint density at radius 2 is 1.64 bits per heavy atom. The molecular weight excluding hydrogens is 326 g/mol. The molecule has 0 saturated carbocycles. The Labute approximate surface area is 147 Å². The third-order valence-electron chi connectivity index (χ3n) is 3.02. The average molecular weight is 351 g/mol. The molecule has 1 N–H and O–H groups in total. The predicted molar refractivity (Wildman–Crippen MR) is 90.6 cm³/mol. The number of esters is 2. The van der Waals surface area contributed by atoms with Gasteiger partial charge in [0.1, 0.15) is 12.2 Å². The van der Waals surface area contributed by atoms with Gasteiger partial charge in [-0.25, -0.2) is 4.79 Å². The minimum absolute atomic E-state index is 0.122. The molecule has 1 atom stereocenters. The van der Waals surface area contributed by atoms with Crippen LogP contribution < -0.4 is 5.32 Å². The highest BCUT2D eigenvalue weighted by Gasteiger charge is 2.24. The Bertz CT molecular complexity index is 579. The van der Waals surface area contributed by atoms with Crippen molar-refractivity contribution in [2.45, 2.75) is 51.9 Å². The van der Waals surface area contributed by atoms with Crippen molar-refractivity contribution in [1.29, 1.82) is 0 Å². The largest absolute Gasteiger partial charge is 0.469 e. The molecule has 138 valence electrons. The summed E-state index contributed by atoms with van der Waals surface area (Å²) in [5.41, 5.74) is 0.161. The normalized spacial score (nSPS) is 12.0. The average Bonchev–Trinajstić information content (AvgIpc) is 2.51. The van der Waals surface area contributed by atoms with Gasteiger partial charge in [0.05, 0.1) is 26.0 Å². The molecule has 7 heteroatoms. The number of carbonyl (C=O) groups is 3. The van der Waals surface area contributed by atoms with Crippen molar-refractivity contribution < 1.29 is 28.6 Å². The lowest BCUT2D eigenvalue weighted by Gasteiger charge is -2.23. The molecular formula is C18H25NO6. The van der Waals surface area contributed by atoms with Crippen LogP contribution >= 0.6 is 0 Å². The molecule has 1 rings (SSSR count). The van der Waals surface area contributed by atoms with E-state index in [1.807, 2.05) is 30.3 Å². The van der Waals surface area contributed by atoms with Crippen molar-refractivity contribution in [3.8, 4) is 0 Å². The van der Waals surface area contributed by atoms with Gasteiger partial charge in [-0.2, -0.15) is 0 Å². The maximum atomic E-state index is 12.0. The third kappa shape index (κ3) is 9.34. The minimum Gasteiger partial charge on any atom is -0.469 e. The number of methoxy groups -OCH3 is 1. The molecule has 0 spiro atoms. The highest BCUT2D eigenvalue weighted by atomic mass is 16.6. The summed E-state index contributed by atoms with van der Waals surface area (Å²) in [6.45, 7) is 5.28. The zero-order valence-electron chi connectivity index (χ0n) is 15.0. The van der Waals surface area contributed by atoms with E-state index in [2.05, 4.69) is 10.1 Å². The molecule has 1 aromatic rings. The summed E-state index contributed by atoms with van der Waals surface area (Å²) in [5, 5.41) is 2.51. The molecule has 0 aliphatic rings. The molecule has 1 amide bonds. The first kappa shape index (κ1) is 20.5. The van der Waals surface area contributed by atoms with Crippen molar-refractivity contribution >= 4 is 18.0 Å². The molecule has 1 aromatic carbocycles. The fourth-order valence-corrected chi connectivity index (χ4v) is 1.93. The van der Waals surface area contributed by atoms with Gasteiger partial charge < -0.3 is 19.5 Å².